The zero-order valence-corrected chi connectivity index (χ0v) is 11.9. The van der Waals surface area contributed by atoms with E-state index in [1.165, 1.54) is 19.5 Å². The molecule has 0 bridgehead atoms. The molecular formula is C14H24N4O. The van der Waals surface area contributed by atoms with Gasteiger partial charge in [0, 0.05) is 25.6 Å². The number of hydrogen-bond donors (Lipinski definition) is 1. The fraction of sp³-hybridized carbons (Fsp3) is 0.857. The topological polar surface area (TPSA) is 54.2 Å². The molecule has 3 rings (SSSR count). The predicted molar refractivity (Wildman–Crippen MR) is 73.0 cm³/mol. The highest BCUT2D eigenvalue weighted by Gasteiger charge is 2.27. The zero-order valence-electron chi connectivity index (χ0n) is 11.9. The molecule has 0 aromatic carbocycles. The average molecular weight is 264 g/mol. The molecule has 1 N–H and O–H groups in total. The van der Waals surface area contributed by atoms with Crippen LogP contribution in [0.3, 0.4) is 0 Å². The van der Waals surface area contributed by atoms with Crippen LogP contribution in [0, 0.1) is 5.92 Å². The third-order valence-corrected chi connectivity index (χ3v) is 4.41. The van der Waals surface area contributed by atoms with E-state index in [0.717, 1.165) is 37.6 Å². The first-order valence-electron chi connectivity index (χ1n) is 7.49. The summed E-state index contributed by atoms with van der Waals surface area (Å²) in [6.45, 7) is 8.95. The van der Waals surface area contributed by atoms with Crippen LogP contribution in [0.4, 0.5) is 0 Å². The molecule has 0 radical (unpaired) electrons. The van der Waals surface area contributed by atoms with Crippen LogP contribution >= 0.6 is 0 Å². The van der Waals surface area contributed by atoms with Crippen molar-refractivity contribution in [1.82, 2.24) is 20.4 Å². The van der Waals surface area contributed by atoms with Crippen LogP contribution in [-0.4, -0.2) is 47.3 Å². The summed E-state index contributed by atoms with van der Waals surface area (Å²) in [6.07, 6.45) is 3.34. The van der Waals surface area contributed by atoms with Crippen molar-refractivity contribution in [1.29, 1.82) is 0 Å². The zero-order chi connectivity index (χ0) is 13.2. The van der Waals surface area contributed by atoms with Gasteiger partial charge in [0.1, 0.15) is 0 Å². The number of nitrogens with zero attached hydrogens (tertiary/aromatic N) is 3. The van der Waals surface area contributed by atoms with Crippen molar-refractivity contribution in [3.8, 4) is 0 Å². The minimum Gasteiger partial charge on any atom is -0.339 e. The number of aromatic nitrogens is 2. The minimum atomic E-state index is 0.428. The standard InChI is InChI=1S/C14H24N4O/c1-10(2)18-6-4-11(9-18)7-13-16-14(19-17-13)12-3-5-15-8-12/h10-12,15H,3-9H2,1-2H3. The normalized spacial score (nSPS) is 28.6. The Kier molecular flexibility index (Phi) is 3.84. The number of rotatable bonds is 4. The highest BCUT2D eigenvalue weighted by molar-refractivity contribution is 4.99. The highest BCUT2D eigenvalue weighted by Crippen LogP contribution is 2.24. The van der Waals surface area contributed by atoms with Crippen molar-refractivity contribution in [2.24, 2.45) is 5.92 Å². The molecule has 2 aliphatic rings. The van der Waals surface area contributed by atoms with Gasteiger partial charge in [-0.25, -0.2) is 0 Å². The maximum atomic E-state index is 5.42. The van der Waals surface area contributed by atoms with Gasteiger partial charge in [0.05, 0.1) is 5.92 Å². The van der Waals surface area contributed by atoms with Crippen LogP contribution in [0.1, 0.15) is 44.3 Å². The molecule has 5 nitrogen and oxygen atoms in total. The van der Waals surface area contributed by atoms with E-state index in [9.17, 15) is 0 Å². The summed E-state index contributed by atoms with van der Waals surface area (Å²) >= 11 is 0. The van der Waals surface area contributed by atoms with Crippen LogP contribution < -0.4 is 5.32 Å². The van der Waals surface area contributed by atoms with Gasteiger partial charge in [0.25, 0.3) is 0 Å². The molecule has 5 heteroatoms. The second kappa shape index (κ2) is 5.59. The first-order valence-corrected chi connectivity index (χ1v) is 7.49. The molecule has 2 saturated heterocycles. The Bertz CT molecular complexity index is 411. The van der Waals surface area contributed by atoms with Crippen LogP contribution in [0.15, 0.2) is 4.52 Å². The lowest BCUT2D eigenvalue weighted by Crippen LogP contribution is -2.28. The lowest BCUT2D eigenvalue weighted by molar-refractivity contribution is 0.264. The number of likely N-dealkylation sites (tertiary alicyclic amines) is 1. The SMILES string of the molecule is CC(C)N1CCC(Cc2noc(C3CCNC3)n2)C1. The molecule has 2 fully saturated rings. The monoisotopic (exact) mass is 264 g/mol. The molecular weight excluding hydrogens is 240 g/mol. The van der Waals surface area contributed by atoms with Crippen molar-refractivity contribution >= 4 is 0 Å². The van der Waals surface area contributed by atoms with Gasteiger partial charge >= 0.3 is 0 Å². The van der Waals surface area contributed by atoms with E-state index in [-0.39, 0.29) is 0 Å². The first-order chi connectivity index (χ1) is 9.22. The molecule has 0 spiro atoms. The molecule has 2 aliphatic heterocycles. The quantitative estimate of drug-likeness (QED) is 0.891. The van der Waals surface area contributed by atoms with Crippen LogP contribution in [0.5, 0.6) is 0 Å². The van der Waals surface area contributed by atoms with Crippen molar-refractivity contribution in [3.05, 3.63) is 11.7 Å². The van der Waals surface area contributed by atoms with Crippen molar-refractivity contribution in [2.75, 3.05) is 26.2 Å². The molecule has 0 aliphatic carbocycles. The Hall–Kier alpha value is -0.940. The van der Waals surface area contributed by atoms with Gasteiger partial charge in [0.2, 0.25) is 5.89 Å². The molecule has 2 atom stereocenters. The Morgan fingerprint density at radius 2 is 2.32 bits per heavy atom. The molecule has 19 heavy (non-hydrogen) atoms. The van der Waals surface area contributed by atoms with Gasteiger partial charge in [-0.1, -0.05) is 5.16 Å². The van der Waals surface area contributed by atoms with Gasteiger partial charge in [0.15, 0.2) is 5.82 Å². The smallest absolute Gasteiger partial charge is 0.231 e. The van der Waals surface area contributed by atoms with Crippen molar-refractivity contribution < 1.29 is 4.52 Å². The van der Waals surface area contributed by atoms with Crippen LogP contribution in [0.25, 0.3) is 0 Å². The maximum Gasteiger partial charge on any atom is 0.231 e. The van der Waals surface area contributed by atoms with Gasteiger partial charge < -0.3 is 14.7 Å². The maximum absolute atomic E-state index is 5.42. The number of hydrogen-bond acceptors (Lipinski definition) is 5. The first kappa shape index (κ1) is 13.1. The lowest BCUT2D eigenvalue weighted by atomic mass is 10.0. The van der Waals surface area contributed by atoms with E-state index >= 15 is 0 Å². The molecule has 0 saturated carbocycles. The Morgan fingerprint density at radius 1 is 1.42 bits per heavy atom. The lowest BCUT2D eigenvalue weighted by Gasteiger charge is -2.19. The predicted octanol–water partition coefficient (Wildman–Crippen LogP) is 1.42. The van der Waals surface area contributed by atoms with Crippen LogP contribution in [0.2, 0.25) is 0 Å². The summed E-state index contributed by atoms with van der Waals surface area (Å²) in [5.74, 6) is 2.85. The number of nitrogens with one attached hydrogen (secondary N) is 1. The summed E-state index contributed by atoms with van der Waals surface area (Å²) in [5, 5.41) is 7.50. The molecule has 106 valence electrons. The van der Waals surface area contributed by atoms with Gasteiger partial charge in [-0.15, -0.1) is 0 Å². The Labute approximate surface area is 114 Å². The van der Waals surface area contributed by atoms with E-state index in [0.29, 0.717) is 17.9 Å². The van der Waals surface area contributed by atoms with Crippen molar-refractivity contribution in [2.45, 2.75) is 45.1 Å². The molecule has 0 amide bonds. The summed E-state index contributed by atoms with van der Waals surface area (Å²) in [7, 11) is 0. The summed E-state index contributed by atoms with van der Waals surface area (Å²) < 4.78 is 5.42. The largest absolute Gasteiger partial charge is 0.339 e. The van der Waals surface area contributed by atoms with Gasteiger partial charge in [-0.3, -0.25) is 0 Å². The summed E-state index contributed by atoms with van der Waals surface area (Å²) in [4.78, 5) is 7.12. The fourth-order valence-corrected chi connectivity index (χ4v) is 3.14. The van der Waals surface area contributed by atoms with E-state index in [1.807, 2.05) is 0 Å². The van der Waals surface area contributed by atoms with E-state index < -0.39 is 0 Å². The summed E-state index contributed by atoms with van der Waals surface area (Å²) in [6, 6.07) is 0.649. The van der Waals surface area contributed by atoms with E-state index in [2.05, 4.69) is 34.2 Å². The van der Waals surface area contributed by atoms with E-state index in [4.69, 9.17) is 4.52 Å². The van der Waals surface area contributed by atoms with Gasteiger partial charge in [-0.2, -0.15) is 4.98 Å². The van der Waals surface area contributed by atoms with Crippen LogP contribution in [-0.2, 0) is 6.42 Å². The van der Waals surface area contributed by atoms with E-state index in [1.54, 1.807) is 0 Å². The average Bonchev–Trinajstić information content (AvgIpc) is 3.09. The van der Waals surface area contributed by atoms with Crippen molar-refractivity contribution in [3.63, 3.8) is 0 Å². The second-order valence-corrected chi connectivity index (χ2v) is 6.19. The molecule has 2 unspecified atom stereocenters. The molecule has 3 heterocycles. The summed E-state index contributed by atoms with van der Waals surface area (Å²) in [5.41, 5.74) is 0. The fourth-order valence-electron chi connectivity index (χ4n) is 3.14. The third-order valence-electron chi connectivity index (χ3n) is 4.41. The Balaban J connectivity index is 1.56. The third kappa shape index (κ3) is 2.98. The second-order valence-electron chi connectivity index (χ2n) is 6.19. The van der Waals surface area contributed by atoms with Gasteiger partial charge in [-0.05, 0) is 45.7 Å². The minimum absolute atomic E-state index is 0.428. The molecule has 1 aromatic heterocycles. The molecule has 1 aromatic rings. The highest BCUT2D eigenvalue weighted by atomic mass is 16.5. The Morgan fingerprint density at radius 3 is 3.00 bits per heavy atom.